The Hall–Kier alpha value is -1.48. The first-order valence-electron chi connectivity index (χ1n) is 8.18. The number of unbranched alkanes of at least 4 members (excludes halogenated alkanes) is 1. The number of anilines is 1. The largest absolute Gasteiger partial charge is 0.467 e. The lowest BCUT2D eigenvalue weighted by Gasteiger charge is -2.46. The van der Waals surface area contributed by atoms with Crippen LogP contribution < -0.4 is 4.90 Å². The minimum atomic E-state index is -0.292. The van der Waals surface area contributed by atoms with Gasteiger partial charge in [0.15, 0.2) is 0 Å². The van der Waals surface area contributed by atoms with Gasteiger partial charge < -0.3 is 9.64 Å². The summed E-state index contributed by atoms with van der Waals surface area (Å²) < 4.78 is 5.09. The molecule has 1 aliphatic heterocycles. The van der Waals surface area contributed by atoms with Crippen LogP contribution in [0.5, 0.6) is 0 Å². The molecule has 4 heteroatoms. The van der Waals surface area contributed by atoms with Crippen LogP contribution in [0.3, 0.4) is 0 Å². The summed E-state index contributed by atoms with van der Waals surface area (Å²) in [6.07, 6.45) is 5.01. The normalized spacial score (nSPS) is 17.3. The standard InChI is InChI=1S/C19H26ClNO2/c1-6-7-8-17(18(22)23-5)21-16-10-9-14(20)11-15(16)13(2)12-19(21,3)4/h9-12,17H,6-8H2,1-5H3/t17-/m1/s1. The molecule has 23 heavy (non-hydrogen) atoms. The van der Waals surface area contributed by atoms with Crippen LogP contribution in [0.25, 0.3) is 5.57 Å². The molecule has 0 saturated carbocycles. The number of rotatable bonds is 5. The zero-order valence-electron chi connectivity index (χ0n) is 14.6. The quantitative estimate of drug-likeness (QED) is 0.703. The maximum atomic E-state index is 12.5. The van der Waals surface area contributed by atoms with Crippen molar-refractivity contribution in [3.05, 3.63) is 34.9 Å². The van der Waals surface area contributed by atoms with Gasteiger partial charge in [-0.25, -0.2) is 4.79 Å². The molecule has 1 aromatic carbocycles. The first-order valence-corrected chi connectivity index (χ1v) is 8.56. The monoisotopic (exact) mass is 335 g/mol. The third kappa shape index (κ3) is 3.55. The van der Waals surface area contributed by atoms with Gasteiger partial charge in [-0.3, -0.25) is 0 Å². The summed E-state index contributed by atoms with van der Waals surface area (Å²) in [5, 5.41) is 0.708. The first-order chi connectivity index (χ1) is 10.8. The molecule has 0 aromatic heterocycles. The lowest BCUT2D eigenvalue weighted by Crippen LogP contribution is -2.54. The predicted octanol–water partition coefficient (Wildman–Crippen LogP) is 5.07. The molecule has 0 fully saturated rings. The highest BCUT2D eigenvalue weighted by molar-refractivity contribution is 6.30. The molecular weight excluding hydrogens is 310 g/mol. The van der Waals surface area contributed by atoms with Crippen LogP contribution in [0.4, 0.5) is 5.69 Å². The Kier molecular flexibility index (Phi) is 5.41. The number of allylic oxidation sites excluding steroid dienone is 1. The minimum Gasteiger partial charge on any atom is -0.467 e. The van der Waals surface area contributed by atoms with Gasteiger partial charge in [0.1, 0.15) is 6.04 Å². The zero-order valence-corrected chi connectivity index (χ0v) is 15.4. The maximum Gasteiger partial charge on any atom is 0.328 e. The molecule has 0 spiro atoms. The van der Waals surface area contributed by atoms with E-state index in [9.17, 15) is 4.79 Å². The van der Waals surface area contributed by atoms with Gasteiger partial charge in [-0.1, -0.05) is 37.4 Å². The highest BCUT2D eigenvalue weighted by atomic mass is 35.5. The van der Waals surface area contributed by atoms with Gasteiger partial charge in [0.2, 0.25) is 0 Å². The second-order valence-electron chi connectivity index (χ2n) is 6.69. The third-order valence-electron chi connectivity index (χ3n) is 4.45. The number of methoxy groups -OCH3 is 1. The Bertz CT molecular complexity index is 622. The van der Waals surface area contributed by atoms with Gasteiger partial charge in [-0.15, -0.1) is 0 Å². The number of nitrogens with zero attached hydrogens (tertiary/aromatic N) is 1. The molecule has 1 aliphatic rings. The fraction of sp³-hybridized carbons (Fsp3) is 0.526. The van der Waals surface area contributed by atoms with E-state index in [0.717, 1.165) is 30.5 Å². The molecule has 2 rings (SSSR count). The van der Waals surface area contributed by atoms with E-state index < -0.39 is 0 Å². The third-order valence-corrected chi connectivity index (χ3v) is 4.68. The van der Waals surface area contributed by atoms with E-state index in [-0.39, 0.29) is 17.6 Å². The zero-order chi connectivity index (χ0) is 17.2. The van der Waals surface area contributed by atoms with Gasteiger partial charge >= 0.3 is 5.97 Å². The summed E-state index contributed by atoms with van der Waals surface area (Å²) in [6, 6.07) is 5.58. The highest BCUT2D eigenvalue weighted by Crippen LogP contribution is 2.42. The molecule has 0 unspecified atom stereocenters. The van der Waals surface area contributed by atoms with Crippen molar-refractivity contribution in [2.75, 3.05) is 12.0 Å². The Labute approximate surface area is 144 Å². The van der Waals surface area contributed by atoms with Crippen LogP contribution in [-0.4, -0.2) is 24.7 Å². The highest BCUT2D eigenvalue weighted by Gasteiger charge is 2.39. The summed E-state index contributed by atoms with van der Waals surface area (Å²) in [7, 11) is 1.46. The molecule has 1 aromatic rings. The number of esters is 1. The van der Waals surface area contributed by atoms with Crippen molar-refractivity contribution in [1.29, 1.82) is 0 Å². The molecular formula is C19H26ClNO2. The first kappa shape index (κ1) is 17.9. The summed E-state index contributed by atoms with van der Waals surface area (Å²) in [6.45, 7) is 8.49. The molecule has 126 valence electrons. The fourth-order valence-corrected chi connectivity index (χ4v) is 3.65. The second-order valence-corrected chi connectivity index (χ2v) is 7.13. The number of fused-ring (bicyclic) bond motifs is 1. The van der Waals surface area contributed by atoms with Crippen LogP contribution in [-0.2, 0) is 9.53 Å². The van der Waals surface area contributed by atoms with E-state index in [1.807, 2.05) is 18.2 Å². The number of halogens is 1. The van der Waals surface area contributed by atoms with Crippen LogP contribution in [0.2, 0.25) is 5.02 Å². The number of hydrogen-bond acceptors (Lipinski definition) is 3. The Morgan fingerprint density at radius 3 is 2.70 bits per heavy atom. The van der Waals surface area contributed by atoms with Crippen molar-refractivity contribution in [1.82, 2.24) is 0 Å². The molecule has 0 aliphatic carbocycles. The lowest BCUT2D eigenvalue weighted by atomic mass is 9.86. The van der Waals surface area contributed by atoms with Crippen molar-refractivity contribution in [3.8, 4) is 0 Å². The number of carbonyl (C=O) groups excluding carboxylic acids is 1. The van der Waals surface area contributed by atoms with Crippen LogP contribution >= 0.6 is 11.6 Å². The van der Waals surface area contributed by atoms with Crippen LogP contribution in [0.1, 0.15) is 52.5 Å². The van der Waals surface area contributed by atoms with Crippen molar-refractivity contribution in [2.24, 2.45) is 0 Å². The number of benzene rings is 1. The van der Waals surface area contributed by atoms with E-state index in [1.54, 1.807) is 0 Å². The summed E-state index contributed by atoms with van der Waals surface area (Å²) in [4.78, 5) is 14.6. The van der Waals surface area contributed by atoms with Gasteiger partial charge in [0.25, 0.3) is 0 Å². The van der Waals surface area contributed by atoms with Crippen molar-refractivity contribution in [3.63, 3.8) is 0 Å². The smallest absolute Gasteiger partial charge is 0.328 e. The fourth-order valence-electron chi connectivity index (χ4n) is 3.48. The molecule has 0 bridgehead atoms. The number of hydrogen-bond donors (Lipinski definition) is 0. The minimum absolute atomic E-state index is 0.180. The lowest BCUT2D eigenvalue weighted by molar-refractivity contribution is -0.142. The Balaban J connectivity index is 2.55. The summed E-state index contributed by atoms with van der Waals surface area (Å²) in [5.41, 5.74) is 3.05. The molecule has 0 saturated heterocycles. The molecule has 0 radical (unpaired) electrons. The van der Waals surface area contributed by atoms with E-state index in [2.05, 4.69) is 38.7 Å². The van der Waals surface area contributed by atoms with E-state index >= 15 is 0 Å². The second kappa shape index (κ2) is 6.96. The molecule has 1 atom stereocenters. The van der Waals surface area contributed by atoms with Gasteiger partial charge in [0, 0.05) is 16.3 Å². The Morgan fingerprint density at radius 2 is 2.09 bits per heavy atom. The number of ether oxygens (including phenoxy) is 1. The molecule has 0 amide bonds. The molecule has 3 nitrogen and oxygen atoms in total. The average molecular weight is 336 g/mol. The predicted molar refractivity (Wildman–Crippen MR) is 97.0 cm³/mol. The average Bonchev–Trinajstić information content (AvgIpc) is 2.49. The van der Waals surface area contributed by atoms with Gasteiger partial charge in [-0.05, 0) is 51.0 Å². The van der Waals surface area contributed by atoms with E-state index in [4.69, 9.17) is 16.3 Å². The van der Waals surface area contributed by atoms with Crippen LogP contribution in [0.15, 0.2) is 24.3 Å². The van der Waals surface area contributed by atoms with Gasteiger partial charge in [0.05, 0.1) is 12.6 Å². The van der Waals surface area contributed by atoms with Gasteiger partial charge in [-0.2, -0.15) is 0 Å². The summed E-state index contributed by atoms with van der Waals surface area (Å²) in [5.74, 6) is -0.180. The van der Waals surface area contributed by atoms with Crippen molar-refractivity contribution in [2.45, 2.75) is 58.5 Å². The maximum absolute atomic E-state index is 12.5. The Morgan fingerprint density at radius 1 is 1.39 bits per heavy atom. The van der Waals surface area contributed by atoms with Crippen molar-refractivity contribution >= 4 is 28.8 Å². The van der Waals surface area contributed by atoms with E-state index in [0.29, 0.717) is 5.02 Å². The topological polar surface area (TPSA) is 29.5 Å². The van der Waals surface area contributed by atoms with E-state index in [1.165, 1.54) is 12.7 Å². The number of carbonyl (C=O) groups is 1. The van der Waals surface area contributed by atoms with Crippen molar-refractivity contribution < 1.29 is 9.53 Å². The SMILES string of the molecule is CCCC[C@H](C(=O)OC)N1c2ccc(Cl)cc2C(C)=CC1(C)C. The molecule has 0 N–H and O–H groups in total. The summed E-state index contributed by atoms with van der Waals surface area (Å²) >= 11 is 6.18. The molecule has 1 heterocycles. The van der Waals surface area contributed by atoms with Crippen LogP contribution in [0, 0.1) is 0 Å².